The average Bonchev–Trinajstić information content (AvgIpc) is 2.46. The third kappa shape index (κ3) is 2.42. The number of hydrogen-bond donors (Lipinski definition) is 1. The highest BCUT2D eigenvalue weighted by Gasteiger charge is 2.13. The molecule has 0 aliphatic carbocycles. The molecule has 1 heterocycles. The summed E-state index contributed by atoms with van der Waals surface area (Å²) in [5.74, 6) is 0.922. The monoisotopic (exact) mass is 215 g/mol. The van der Waals surface area contributed by atoms with Crippen LogP contribution in [-0.4, -0.2) is 28.5 Å². The highest BCUT2D eigenvalue weighted by Crippen LogP contribution is 2.16. The van der Waals surface area contributed by atoms with E-state index in [1.54, 1.807) is 7.11 Å². The van der Waals surface area contributed by atoms with Gasteiger partial charge in [0.2, 0.25) is 0 Å². The lowest BCUT2D eigenvalue weighted by molar-refractivity contribution is 0.148. The van der Waals surface area contributed by atoms with Crippen LogP contribution in [0.1, 0.15) is 31.6 Å². The van der Waals surface area contributed by atoms with Gasteiger partial charge in [-0.1, -0.05) is 13.3 Å². The van der Waals surface area contributed by atoms with Crippen molar-refractivity contribution >= 4 is 12.2 Å². The molecule has 4 nitrogen and oxygen atoms in total. The van der Waals surface area contributed by atoms with Crippen LogP contribution in [0, 0.1) is 11.7 Å². The van der Waals surface area contributed by atoms with Crippen molar-refractivity contribution in [2.75, 3.05) is 13.7 Å². The second kappa shape index (κ2) is 5.26. The highest BCUT2D eigenvalue weighted by atomic mass is 32.1. The van der Waals surface area contributed by atoms with Gasteiger partial charge in [0.05, 0.1) is 12.6 Å². The lowest BCUT2D eigenvalue weighted by Gasteiger charge is -2.17. The lowest BCUT2D eigenvalue weighted by Crippen LogP contribution is -2.16. The molecule has 0 aromatic carbocycles. The smallest absolute Gasteiger partial charge is 0.195 e. The summed E-state index contributed by atoms with van der Waals surface area (Å²) in [4.78, 5) is 0. The zero-order chi connectivity index (χ0) is 10.6. The second-order valence-electron chi connectivity index (χ2n) is 3.34. The van der Waals surface area contributed by atoms with Gasteiger partial charge in [0, 0.05) is 7.11 Å². The van der Waals surface area contributed by atoms with Crippen LogP contribution < -0.4 is 0 Å². The minimum Gasteiger partial charge on any atom is -0.383 e. The van der Waals surface area contributed by atoms with Crippen LogP contribution in [0.15, 0.2) is 0 Å². The number of hydrogen-bond acceptors (Lipinski definition) is 3. The van der Waals surface area contributed by atoms with Crippen molar-refractivity contribution in [2.24, 2.45) is 0 Å². The quantitative estimate of drug-likeness (QED) is 0.766. The Labute approximate surface area is 89.3 Å². The van der Waals surface area contributed by atoms with E-state index in [9.17, 15) is 0 Å². The first-order valence-corrected chi connectivity index (χ1v) is 5.24. The molecule has 0 bridgehead atoms. The van der Waals surface area contributed by atoms with E-state index in [1.165, 1.54) is 0 Å². The van der Waals surface area contributed by atoms with Gasteiger partial charge in [0.25, 0.3) is 0 Å². The molecule has 1 unspecified atom stereocenters. The Morgan fingerprint density at radius 1 is 1.64 bits per heavy atom. The average molecular weight is 215 g/mol. The molecule has 1 rings (SSSR count). The summed E-state index contributed by atoms with van der Waals surface area (Å²) >= 11 is 5.17. The van der Waals surface area contributed by atoms with E-state index in [1.807, 2.05) is 11.5 Å². The molecule has 0 spiro atoms. The Kier molecular flexibility index (Phi) is 4.28. The van der Waals surface area contributed by atoms with Gasteiger partial charge in [-0.2, -0.15) is 5.10 Å². The highest BCUT2D eigenvalue weighted by molar-refractivity contribution is 7.71. The number of nitrogens with one attached hydrogen (secondary N) is 1. The number of methoxy groups -OCH3 is 1. The summed E-state index contributed by atoms with van der Waals surface area (Å²) in [6.07, 6.45) is 2.17. The van der Waals surface area contributed by atoms with E-state index in [4.69, 9.17) is 17.0 Å². The van der Waals surface area contributed by atoms with Gasteiger partial charge < -0.3 is 4.74 Å². The van der Waals surface area contributed by atoms with Gasteiger partial charge in [0.15, 0.2) is 4.77 Å². The van der Waals surface area contributed by atoms with Gasteiger partial charge in [-0.3, -0.25) is 9.67 Å². The summed E-state index contributed by atoms with van der Waals surface area (Å²) < 4.78 is 7.89. The van der Waals surface area contributed by atoms with Gasteiger partial charge in [0.1, 0.15) is 5.82 Å². The molecule has 0 amide bonds. The Bertz CT molecular complexity index is 325. The zero-order valence-electron chi connectivity index (χ0n) is 8.91. The van der Waals surface area contributed by atoms with Gasteiger partial charge in [-0.05, 0) is 25.6 Å². The first kappa shape index (κ1) is 11.4. The van der Waals surface area contributed by atoms with Crippen molar-refractivity contribution in [3.05, 3.63) is 10.6 Å². The minimum absolute atomic E-state index is 0.302. The van der Waals surface area contributed by atoms with Gasteiger partial charge in [-0.15, -0.1) is 0 Å². The third-order valence-electron chi connectivity index (χ3n) is 2.23. The molecule has 0 aliphatic rings. The molecule has 0 saturated heterocycles. The topological polar surface area (TPSA) is 42.8 Å². The maximum atomic E-state index is 5.18. The molecule has 1 N–H and O–H groups in total. The molecule has 1 aromatic heterocycles. The van der Waals surface area contributed by atoms with E-state index in [0.717, 1.165) is 18.7 Å². The van der Waals surface area contributed by atoms with E-state index < -0.39 is 0 Å². The van der Waals surface area contributed by atoms with Crippen molar-refractivity contribution < 1.29 is 4.74 Å². The van der Waals surface area contributed by atoms with Crippen LogP contribution in [0.5, 0.6) is 0 Å². The van der Waals surface area contributed by atoms with E-state index >= 15 is 0 Å². The number of H-pyrrole nitrogens is 1. The Morgan fingerprint density at radius 3 is 2.79 bits per heavy atom. The van der Waals surface area contributed by atoms with Crippen LogP contribution in [0.2, 0.25) is 0 Å². The SMILES string of the molecule is CCCC(COC)n1c(C)n[nH]c1=S. The summed E-state index contributed by atoms with van der Waals surface area (Å²) in [5.41, 5.74) is 0. The lowest BCUT2D eigenvalue weighted by atomic mass is 10.2. The van der Waals surface area contributed by atoms with Crippen molar-refractivity contribution in [2.45, 2.75) is 32.7 Å². The molecular formula is C9H17N3OS. The zero-order valence-corrected chi connectivity index (χ0v) is 9.73. The summed E-state index contributed by atoms with van der Waals surface area (Å²) in [7, 11) is 1.71. The van der Waals surface area contributed by atoms with Crippen molar-refractivity contribution in [3.63, 3.8) is 0 Å². The molecule has 0 saturated carbocycles. The van der Waals surface area contributed by atoms with E-state index in [-0.39, 0.29) is 0 Å². The van der Waals surface area contributed by atoms with E-state index in [2.05, 4.69) is 17.1 Å². The van der Waals surface area contributed by atoms with Crippen molar-refractivity contribution in [1.29, 1.82) is 0 Å². The number of ether oxygens (including phenoxy) is 1. The maximum Gasteiger partial charge on any atom is 0.195 e. The second-order valence-corrected chi connectivity index (χ2v) is 3.73. The summed E-state index contributed by atoms with van der Waals surface area (Å²) in [6.45, 7) is 4.79. The molecule has 0 fully saturated rings. The largest absolute Gasteiger partial charge is 0.383 e. The number of aromatic nitrogens is 3. The summed E-state index contributed by atoms with van der Waals surface area (Å²) in [5, 5.41) is 6.89. The minimum atomic E-state index is 0.302. The molecule has 1 aromatic rings. The van der Waals surface area contributed by atoms with Crippen LogP contribution in [0.4, 0.5) is 0 Å². The fourth-order valence-corrected chi connectivity index (χ4v) is 1.95. The van der Waals surface area contributed by atoms with Crippen LogP contribution >= 0.6 is 12.2 Å². The molecule has 0 aliphatic heterocycles. The molecular weight excluding hydrogens is 198 g/mol. The van der Waals surface area contributed by atoms with E-state index in [0.29, 0.717) is 17.4 Å². The number of nitrogens with zero attached hydrogens (tertiary/aromatic N) is 2. The Morgan fingerprint density at radius 2 is 2.36 bits per heavy atom. The Balaban J connectivity index is 2.91. The first-order valence-electron chi connectivity index (χ1n) is 4.83. The van der Waals surface area contributed by atoms with Crippen LogP contribution in [0.25, 0.3) is 0 Å². The first-order chi connectivity index (χ1) is 6.70. The number of rotatable bonds is 5. The molecule has 14 heavy (non-hydrogen) atoms. The standard InChI is InChI=1S/C9H17N3OS/c1-4-5-8(6-13-3)12-7(2)10-11-9(12)14/h8H,4-6H2,1-3H3,(H,11,14). The van der Waals surface area contributed by atoms with Crippen LogP contribution in [-0.2, 0) is 4.74 Å². The molecule has 0 radical (unpaired) electrons. The number of aromatic amines is 1. The fraction of sp³-hybridized carbons (Fsp3) is 0.778. The fourth-order valence-electron chi connectivity index (χ4n) is 1.63. The maximum absolute atomic E-state index is 5.18. The summed E-state index contributed by atoms with van der Waals surface area (Å²) in [6, 6.07) is 0.302. The molecule has 5 heteroatoms. The Hall–Kier alpha value is -0.680. The molecule has 80 valence electrons. The predicted octanol–water partition coefficient (Wildman–Crippen LogP) is 2.24. The predicted molar refractivity (Wildman–Crippen MR) is 58.0 cm³/mol. The molecule has 1 atom stereocenters. The van der Waals surface area contributed by atoms with Crippen molar-refractivity contribution in [3.8, 4) is 0 Å². The van der Waals surface area contributed by atoms with Gasteiger partial charge in [-0.25, -0.2) is 0 Å². The van der Waals surface area contributed by atoms with Crippen LogP contribution in [0.3, 0.4) is 0 Å². The number of aryl methyl sites for hydroxylation is 1. The normalized spacial score (nSPS) is 13.1. The van der Waals surface area contributed by atoms with Crippen molar-refractivity contribution in [1.82, 2.24) is 14.8 Å². The third-order valence-corrected chi connectivity index (χ3v) is 2.51. The van der Waals surface area contributed by atoms with Gasteiger partial charge >= 0.3 is 0 Å².